The van der Waals surface area contributed by atoms with Crippen molar-refractivity contribution in [2.45, 2.75) is 44.2 Å². The zero-order valence-electron chi connectivity index (χ0n) is 18.5. The lowest BCUT2D eigenvalue weighted by molar-refractivity contribution is 0.103. The molecule has 11 heteroatoms. The van der Waals surface area contributed by atoms with Gasteiger partial charge in [0.05, 0.1) is 18.2 Å². The molecule has 10 nitrogen and oxygen atoms in total. The summed E-state index contributed by atoms with van der Waals surface area (Å²) < 4.78 is 28.7. The van der Waals surface area contributed by atoms with Gasteiger partial charge in [-0.2, -0.15) is 13.5 Å². The molecule has 0 spiro atoms. The third-order valence-electron chi connectivity index (χ3n) is 6.57. The Balaban J connectivity index is 1.28. The molecule has 2 heterocycles. The molecule has 2 aliphatic rings. The second-order valence-corrected chi connectivity index (χ2v) is 10.1. The molecule has 2 aromatic heterocycles. The molecule has 34 heavy (non-hydrogen) atoms. The van der Waals surface area contributed by atoms with E-state index in [0.29, 0.717) is 23.5 Å². The monoisotopic (exact) mass is 482 g/mol. The first-order chi connectivity index (χ1) is 16.4. The van der Waals surface area contributed by atoms with Gasteiger partial charge in [0, 0.05) is 18.4 Å². The third kappa shape index (κ3) is 4.86. The highest BCUT2D eigenvalue weighted by molar-refractivity contribution is 7.84. The van der Waals surface area contributed by atoms with Crippen molar-refractivity contribution < 1.29 is 17.4 Å². The van der Waals surface area contributed by atoms with E-state index in [2.05, 4.69) is 32.5 Å². The van der Waals surface area contributed by atoms with E-state index < -0.39 is 10.3 Å². The predicted molar refractivity (Wildman–Crippen MR) is 124 cm³/mol. The van der Waals surface area contributed by atoms with E-state index in [4.69, 9.17) is 9.32 Å². The number of fused-ring (bicyclic) bond motifs is 1. The molecule has 2 aliphatic carbocycles. The number of rotatable bonds is 8. The van der Waals surface area contributed by atoms with E-state index in [1.54, 1.807) is 6.07 Å². The van der Waals surface area contributed by atoms with Crippen molar-refractivity contribution in [2.24, 2.45) is 11.1 Å². The lowest BCUT2D eigenvalue weighted by atomic mass is 10.1. The topological polar surface area (TPSA) is 142 Å². The second kappa shape index (κ2) is 9.24. The summed E-state index contributed by atoms with van der Waals surface area (Å²) in [5.74, 6) is 0.251. The fourth-order valence-corrected chi connectivity index (χ4v) is 5.31. The summed E-state index contributed by atoms with van der Waals surface area (Å²) in [6.45, 7) is 0.0499. The fourth-order valence-electron chi connectivity index (χ4n) is 4.93. The zero-order valence-corrected chi connectivity index (χ0v) is 19.3. The maximum absolute atomic E-state index is 13.3. The molecular formula is C23H26N6O4S. The number of benzene rings is 1. The maximum Gasteiger partial charge on any atom is 0.333 e. The van der Waals surface area contributed by atoms with Crippen molar-refractivity contribution in [3.63, 3.8) is 0 Å². The van der Waals surface area contributed by atoms with Gasteiger partial charge >= 0.3 is 10.3 Å². The number of anilines is 1. The van der Waals surface area contributed by atoms with Gasteiger partial charge in [0.25, 0.3) is 0 Å². The number of nitrogens with zero attached hydrogens (tertiary/aromatic N) is 4. The van der Waals surface area contributed by atoms with Crippen molar-refractivity contribution in [3.05, 3.63) is 71.4 Å². The standard InChI is InChI=1S/C23H26N6O4S/c24-34(31,32)33-13-15-5-7-17(11-15)27-23-19(12-25-14-26-23)22(30)20-9-10-29(28-20)21-8-6-16-3-1-2-4-18(16)21/h1-4,9-10,12,14-15,17,21H,5-8,11,13H2,(H2,24,31,32)(H,25,26,27)/t15-,17?,21?/m0/s1. The minimum absolute atomic E-state index is 0.0306. The summed E-state index contributed by atoms with van der Waals surface area (Å²) >= 11 is 0. The summed E-state index contributed by atoms with van der Waals surface area (Å²) in [5.41, 5.74) is 3.26. The van der Waals surface area contributed by atoms with E-state index in [1.165, 1.54) is 23.7 Å². The number of ketones is 1. The summed E-state index contributed by atoms with van der Waals surface area (Å²) in [6, 6.07) is 10.2. The average Bonchev–Trinajstić information content (AvgIpc) is 3.56. The SMILES string of the molecule is NS(=O)(=O)OC[C@H]1CCC(Nc2ncncc2C(=O)c2ccn(C3CCc4ccccc43)n2)C1. The molecule has 1 fully saturated rings. The Morgan fingerprint density at radius 1 is 1.21 bits per heavy atom. The lowest BCUT2D eigenvalue weighted by Gasteiger charge is -2.16. The minimum atomic E-state index is -3.95. The number of carbonyl (C=O) groups is 1. The van der Waals surface area contributed by atoms with Crippen molar-refractivity contribution >= 4 is 21.9 Å². The molecule has 0 amide bonds. The minimum Gasteiger partial charge on any atom is -0.367 e. The number of carbonyl (C=O) groups excluding carboxylic acids is 1. The number of hydrogen-bond acceptors (Lipinski definition) is 8. The molecule has 0 radical (unpaired) electrons. The van der Waals surface area contributed by atoms with Gasteiger partial charge in [-0.05, 0) is 55.2 Å². The van der Waals surface area contributed by atoms with Crippen LogP contribution >= 0.6 is 0 Å². The predicted octanol–water partition coefficient (Wildman–Crippen LogP) is 2.24. The smallest absolute Gasteiger partial charge is 0.333 e. The third-order valence-corrected chi connectivity index (χ3v) is 7.03. The number of aryl methyl sites for hydroxylation is 1. The number of hydrogen-bond donors (Lipinski definition) is 2. The van der Waals surface area contributed by atoms with Crippen LogP contribution in [0.25, 0.3) is 0 Å². The van der Waals surface area contributed by atoms with Gasteiger partial charge in [0.1, 0.15) is 17.8 Å². The number of nitrogens with two attached hydrogens (primary N) is 1. The van der Waals surface area contributed by atoms with Gasteiger partial charge in [0.2, 0.25) is 5.78 Å². The van der Waals surface area contributed by atoms with Gasteiger partial charge < -0.3 is 5.32 Å². The largest absolute Gasteiger partial charge is 0.367 e. The first-order valence-electron chi connectivity index (χ1n) is 11.3. The van der Waals surface area contributed by atoms with Crippen LogP contribution in [0, 0.1) is 5.92 Å². The molecule has 178 valence electrons. The zero-order chi connectivity index (χ0) is 23.7. The van der Waals surface area contributed by atoms with E-state index in [0.717, 1.165) is 25.7 Å². The fraction of sp³-hybridized carbons (Fsp3) is 0.391. The lowest BCUT2D eigenvalue weighted by Crippen LogP contribution is -2.22. The highest BCUT2D eigenvalue weighted by Gasteiger charge is 2.29. The summed E-state index contributed by atoms with van der Waals surface area (Å²) in [4.78, 5) is 21.6. The first-order valence-corrected chi connectivity index (χ1v) is 12.8. The molecule has 3 N–H and O–H groups in total. The molecule has 0 aliphatic heterocycles. The molecule has 1 aromatic carbocycles. The normalized spacial score (nSPS) is 22.0. The van der Waals surface area contributed by atoms with Crippen molar-refractivity contribution in [2.75, 3.05) is 11.9 Å². The highest BCUT2D eigenvalue weighted by atomic mass is 32.2. The van der Waals surface area contributed by atoms with Crippen LogP contribution in [0.5, 0.6) is 0 Å². The number of nitrogens with one attached hydrogen (secondary N) is 1. The van der Waals surface area contributed by atoms with Crippen LogP contribution in [0.15, 0.2) is 49.1 Å². The van der Waals surface area contributed by atoms with Gasteiger partial charge in [0.15, 0.2) is 0 Å². The van der Waals surface area contributed by atoms with Gasteiger partial charge in [-0.1, -0.05) is 24.3 Å². The Morgan fingerprint density at radius 3 is 2.91 bits per heavy atom. The van der Waals surface area contributed by atoms with Crippen LogP contribution in [-0.4, -0.2) is 46.6 Å². The van der Waals surface area contributed by atoms with Gasteiger partial charge in [-0.15, -0.1) is 0 Å². The Morgan fingerprint density at radius 2 is 2.06 bits per heavy atom. The van der Waals surface area contributed by atoms with Crippen LogP contribution in [0.4, 0.5) is 5.82 Å². The number of aromatic nitrogens is 4. The molecular weight excluding hydrogens is 456 g/mol. The summed E-state index contributed by atoms with van der Waals surface area (Å²) in [6.07, 6.45) is 8.96. The van der Waals surface area contributed by atoms with Crippen molar-refractivity contribution in [3.8, 4) is 0 Å². The molecule has 1 saturated carbocycles. The van der Waals surface area contributed by atoms with E-state index in [9.17, 15) is 13.2 Å². The average molecular weight is 483 g/mol. The van der Waals surface area contributed by atoms with Crippen LogP contribution in [0.3, 0.4) is 0 Å². The van der Waals surface area contributed by atoms with Gasteiger partial charge in [-0.25, -0.2) is 15.1 Å². The molecule has 3 aromatic rings. The van der Waals surface area contributed by atoms with Crippen molar-refractivity contribution in [1.82, 2.24) is 19.7 Å². The molecule has 0 saturated heterocycles. The highest BCUT2D eigenvalue weighted by Crippen LogP contribution is 2.34. The Kier molecular flexibility index (Phi) is 6.15. The van der Waals surface area contributed by atoms with Crippen LogP contribution in [0.2, 0.25) is 0 Å². The Bertz CT molecular complexity index is 1310. The maximum atomic E-state index is 13.3. The molecule has 5 rings (SSSR count). The quantitative estimate of drug-likeness (QED) is 0.466. The molecule has 2 unspecified atom stereocenters. The first kappa shape index (κ1) is 22.6. The van der Waals surface area contributed by atoms with Gasteiger partial charge in [-0.3, -0.25) is 13.7 Å². The second-order valence-electron chi connectivity index (χ2n) is 8.85. The van der Waals surface area contributed by atoms with Crippen LogP contribution < -0.4 is 10.5 Å². The van der Waals surface area contributed by atoms with Crippen LogP contribution in [0.1, 0.15) is 58.9 Å². The Hall–Kier alpha value is -3.15. The van der Waals surface area contributed by atoms with Crippen LogP contribution in [-0.2, 0) is 20.9 Å². The molecule has 0 bridgehead atoms. The summed E-state index contributed by atoms with van der Waals surface area (Å²) in [7, 11) is -3.95. The van der Waals surface area contributed by atoms with E-state index >= 15 is 0 Å². The summed E-state index contributed by atoms with van der Waals surface area (Å²) in [5, 5.41) is 12.8. The van der Waals surface area contributed by atoms with Crippen molar-refractivity contribution in [1.29, 1.82) is 0 Å². The van der Waals surface area contributed by atoms with E-state index in [-0.39, 0.29) is 30.4 Å². The van der Waals surface area contributed by atoms with E-state index in [1.807, 2.05) is 23.0 Å². The Labute approximate surface area is 197 Å². The molecule has 3 atom stereocenters.